The zero-order valence-electron chi connectivity index (χ0n) is 12.2. The molecular formula is C15H20Cl3N5. The largest absolute Gasteiger partial charge is 0.399 e. The molecule has 0 saturated carbocycles. The maximum absolute atomic E-state index is 5.89. The molecule has 8 N–H and O–H groups in total. The van der Waals surface area contributed by atoms with Crippen LogP contribution in [0.4, 0.5) is 17.1 Å². The molecule has 23 heavy (non-hydrogen) atoms. The van der Waals surface area contributed by atoms with Crippen molar-refractivity contribution in [1.82, 2.24) is 0 Å². The first-order valence-corrected chi connectivity index (χ1v) is 6.06. The molecule has 0 radical (unpaired) electrons. The van der Waals surface area contributed by atoms with Crippen molar-refractivity contribution in [2.45, 2.75) is 0 Å². The van der Waals surface area contributed by atoms with Crippen molar-refractivity contribution < 1.29 is 0 Å². The summed E-state index contributed by atoms with van der Waals surface area (Å²) in [7, 11) is 0. The molecular weight excluding hydrogens is 357 g/mol. The first kappa shape index (κ1) is 23.2. The Morgan fingerprint density at radius 3 is 1.83 bits per heavy atom. The summed E-state index contributed by atoms with van der Waals surface area (Å²) in [5.74, 6) is 0.357. The highest BCUT2D eigenvalue weighted by Gasteiger charge is 2.00. The summed E-state index contributed by atoms with van der Waals surface area (Å²) < 4.78 is 0. The van der Waals surface area contributed by atoms with Crippen LogP contribution in [0.3, 0.4) is 0 Å². The minimum atomic E-state index is 0. The van der Waals surface area contributed by atoms with E-state index in [-0.39, 0.29) is 37.2 Å². The third-order valence-corrected chi connectivity index (χ3v) is 2.69. The minimum absolute atomic E-state index is 0. The number of nitrogens with two attached hydrogens (primary N) is 4. The average molecular weight is 377 g/mol. The van der Waals surface area contributed by atoms with Crippen LogP contribution in [0, 0.1) is 0 Å². The predicted molar refractivity (Wildman–Crippen MR) is 108 cm³/mol. The molecule has 0 aliphatic carbocycles. The molecule has 0 bridgehead atoms. The Bertz CT molecular complexity index is 649. The number of benzene rings is 2. The number of hydrogen-bond donors (Lipinski definition) is 4. The van der Waals surface area contributed by atoms with E-state index in [0.717, 1.165) is 11.3 Å². The number of anilines is 3. The van der Waals surface area contributed by atoms with Gasteiger partial charge in [-0.3, -0.25) is 0 Å². The Morgan fingerprint density at radius 2 is 1.30 bits per heavy atom. The van der Waals surface area contributed by atoms with E-state index >= 15 is 0 Å². The van der Waals surface area contributed by atoms with Crippen molar-refractivity contribution in [3.63, 3.8) is 0 Å². The lowest BCUT2D eigenvalue weighted by molar-refractivity contribution is 1.47. The van der Waals surface area contributed by atoms with Gasteiger partial charge in [-0.15, -0.1) is 37.2 Å². The van der Waals surface area contributed by atoms with Gasteiger partial charge in [0.05, 0.1) is 0 Å². The summed E-state index contributed by atoms with van der Waals surface area (Å²) in [4.78, 5) is 4.17. The van der Waals surface area contributed by atoms with Gasteiger partial charge in [-0.05, 0) is 42.0 Å². The number of halogens is 3. The van der Waals surface area contributed by atoms with E-state index in [2.05, 4.69) is 4.99 Å². The van der Waals surface area contributed by atoms with Crippen LogP contribution in [0.25, 0.3) is 6.08 Å². The standard InChI is InChI=1S/C15H17N5.3ClH/c16-12-3-1-10(2-4-12)5-6-20-15(19)11-7-13(17)9-14(18)8-11;;;/h1-9H,16-18H2,(H2,19,20);3*1H/b6-5+;;;. The van der Waals surface area contributed by atoms with Crippen molar-refractivity contribution in [2.24, 2.45) is 10.7 Å². The van der Waals surface area contributed by atoms with E-state index in [1.807, 2.05) is 30.3 Å². The molecule has 2 aromatic carbocycles. The van der Waals surface area contributed by atoms with Crippen LogP contribution in [0.1, 0.15) is 11.1 Å². The molecule has 126 valence electrons. The van der Waals surface area contributed by atoms with Crippen LogP contribution in [0.5, 0.6) is 0 Å². The molecule has 2 rings (SSSR count). The van der Waals surface area contributed by atoms with Crippen LogP contribution >= 0.6 is 37.2 Å². The third kappa shape index (κ3) is 7.15. The maximum atomic E-state index is 5.89. The van der Waals surface area contributed by atoms with Gasteiger partial charge in [0.2, 0.25) is 0 Å². The first-order chi connectivity index (χ1) is 9.54. The highest BCUT2D eigenvalue weighted by Crippen LogP contribution is 2.13. The van der Waals surface area contributed by atoms with Crippen molar-refractivity contribution in [3.8, 4) is 0 Å². The Morgan fingerprint density at radius 1 is 0.783 bits per heavy atom. The molecule has 0 aliphatic heterocycles. The fourth-order valence-corrected chi connectivity index (χ4v) is 1.71. The van der Waals surface area contributed by atoms with Gasteiger partial charge < -0.3 is 22.9 Å². The normalized spacial score (nSPS) is 10.3. The summed E-state index contributed by atoms with van der Waals surface area (Å²) >= 11 is 0. The van der Waals surface area contributed by atoms with E-state index in [0.29, 0.717) is 22.8 Å². The number of nitrogens with zero attached hydrogens (tertiary/aromatic N) is 1. The van der Waals surface area contributed by atoms with Gasteiger partial charge >= 0.3 is 0 Å². The number of hydrogen-bond acceptors (Lipinski definition) is 4. The smallest absolute Gasteiger partial charge is 0.130 e. The molecule has 0 atom stereocenters. The van der Waals surface area contributed by atoms with Gasteiger partial charge in [0.25, 0.3) is 0 Å². The second kappa shape index (κ2) is 10.6. The summed E-state index contributed by atoms with van der Waals surface area (Å²) in [5, 5.41) is 0. The van der Waals surface area contributed by atoms with Gasteiger partial charge in [-0.2, -0.15) is 0 Å². The predicted octanol–water partition coefficient (Wildman–Crippen LogP) is 3.07. The quantitative estimate of drug-likeness (QED) is 0.374. The van der Waals surface area contributed by atoms with E-state index in [9.17, 15) is 0 Å². The van der Waals surface area contributed by atoms with Gasteiger partial charge in [-0.25, -0.2) is 4.99 Å². The molecule has 0 aliphatic rings. The molecule has 0 amide bonds. The molecule has 0 unspecified atom stereocenters. The van der Waals surface area contributed by atoms with Gasteiger partial charge in [0.1, 0.15) is 5.84 Å². The number of rotatable bonds is 3. The fraction of sp³-hybridized carbons (Fsp3) is 0. The molecule has 0 spiro atoms. The summed E-state index contributed by atoms with van der Waals surface area (Å²) in [6.07, 6.45) is 3.46. The molecule has 2 aromatic rings. The van der Waals surface area contributed by atoms with E-state index < -0.39 is 0 Å². The zero-order chi connectivity index (χ0) is 14.5. The topological polar surface area (TPSA) is 116 Å². The zero-order valence-corrected chi connectivity index (χ0v) is 14.6. The van der Waals surface area contributed by atoms with E-state index in [4.69, 9.17) is 22.9 Å². The first-order valence-electron chi connectivity index (χ1n) is 6.06. The Labute approximate surface area is 154 Å². The number of nitrogen functional groups attached to an aromatic ring is 3. The second-order valence-corrected chi connectivity index (χ2v) is 4.39. The molecule has 0 saturated heterocycles. The lowest BCUT2D eigenvalue weighted by atomic mass is 10.1. The monoisotopic (exact) mass is 375 g/mol. The lowest BCUT2D eigenvalue weighted by Crippen LogP contribution is -2.13. The Hall–Kier alpha value is -2.08. The molecule has 0 aromatic heterocycles. The second-order valence-electron chi connectivity index (χ2n) is 4.39. The average Bonchev–Trinajstić information content (AvgIpc) is 2.40. The SMILES string of the molecule is Cl.Cl.Cl.NC(=N/C=C/c1ccc(N)cc1)c1cc(N)cc(N)c1. The number of aliphatic imine (C=N–C) groups is 1. The van der Waals surface area contributed by atoms with Gasteiger partial charge in [-0.1, -0.05) is 12.1 Å². The molecule has 0 heterocycles. The molecule has 5 nitrogen and oxygen atoms in total. The summed E-state index contributed by atoms with van der Waals surface area (Å²) in [5.41, 5.74) is 26.4. The number of amidine groups is 1. The van der Waals surface area contributed by atoms with Crippen molar-refractivity contribution in [3.05, 3.63) is 59.8 Å². The van der Waals surface area contributed by atoms with Crippen LogP contribution in [0.15, 0.2) is 53.7 Å². The van der Waals surface area contributed by atoms with Gasteiger partial charge in [0.15, 0.2) is 0 Å². The minimum Gasteiger partial charge on any atom is -0.399 e. The molecule has 0 fully saturated rings. The van der Waals surface area contributed by atoms with Crippen LogP contribution in [0.2, 0.25) is 0 Å². The summed E-state index contributed by atoms with van der Waals surface area (Å²) in [6, 6.07) is 12.6. The van der Waals surface area contributed by atoms with E-state index in [1.54, 1.807) is 24.4 Å². The van der Waals surface area contributed by atoms with E-state index in [1.165, 1.54) is 0 Å². The van der Waals surface area contributed by atoms with Crippen molar-refractivity contribution in [2.75, 3.05) is 17.2 Å². The third-order valence-electron chi connectivity index (χ3n) is 2.69. The lowest BCUT2D eigenvalue weighted by Gasteiger charge is -2.03. The highest BCUT2D eigenvalue weighted by molar-refractivity contribution is 5.99. The van der Waals surface area contributed by atoms with Crippen LogP contribution in [-0.2, 0) is 0 Å². The van der Waals surface area contributed by atoms with Crippen molar-refractivity contribution in [1.29, 1.82) is 0 Å². The Kier molecular flexibility index (Phi) is 10.7. The maximum Gasteiger partial charge on any atom is 0.130 e. The fourth-order valence-electron chi connectivity index (χ4n) is 1.71. The summed E-state index contributed by atoms with van der Waals surface area (Å²) in [6.45, 7) is 0. The van der Waals surface area contributed by atoms with Crippen molar-refractivity contribution >= 4 is 66.2 Å². The van der Waals surface area contributed by atoms with Gasteiger partial charge in [0, 0.05) is 28.8 Å². The van der Waals surface area contributed by atoms with Crippen LogP contribution in [-0.4, -0.2) is 5.84 Å². The van der Waals surface area contributed by atoms with Crippen LogP contribution < -0.4 is 22.9 Å². The Balaban J connectivity index is 0. The molecule has 8 heteroatoms. The highest BCUT2D eigenvalue weighted by atomic mass is 35.5.